The molecule has 116 valence electrons. The van der Waals surface area contributed by atoms with E-state index in [0.29, 0.717) is 5.92 Å². The molecule has 0 aliphatic carbocycles. The first-order valence-electron chi connectivity index (χ1n) is 6.83. The second-order valence-electron chi connectivity index (χ2n) is 5.09. The molecule has 0 bridgehead atoms. The topological polar surface area (TPSA) is 34.1 Å². The standard InChI is InChI=1S/C17H17FO2S2/c1-13(2)14-7-9-15(10-8-14)21-11-12-22(19,20)17-6-4-3-5-16(17)18/h3-13H,1-2H3/b12-11+. The summed E-state index contributed by atoms with van der Waals surface area (Å²) in [5, 5.41) is 2.50. The van der Waals surface area contributed by atoms with Crippen LogP contribution in [0.15, 0.2) is 69.1 Å². The van der Waals surface area contributed by atoms with Crippen molar-refractivity contribution in [3.05, 3.63) is 70.7 Å². The van der Waals surface area contributed by atoms with Gasteiger partial charge in [-0.1, -0.05) is 49.9 Å². The number of rotatable bonds is 5. The van der Waals surface area contributed by atoms with Crippen LogP contribution in [0, 0.1) is 5.82 Å². The Kier molecular flexibility index (Phi) is 5.42. The third-order valence-corrected chi connectivity index (χ3v) is 5.56. The Balaban J connectivity index is 2.10. The van der Waals surface area contributed by atoms with E-state index in [1.165, 1.54) is 40.9 Å². The third-order valence-electron chi connectivity index (χ3n) is 3.13. The lowest BCUT2D eigenvalue weighted by molar-refractivity contribution is 0.572. The molecule has 0 aromatic heterocycles. The molecule has 0 spiro atoms. The largest absolute Gasteiger partial charge is 0.219 e. The molecule has 0 saturated heterocycles. The molecule has 0 radical (unpaired) electrons. The first-order valence-corrected chi connectivity index (χ1v) is 9.25. The van der Waals surface area contributed by atoms with E-state index in [4.69, 9.17) is 0 Å². The van der Waals surface area contributed by atoms with Crippen LogP contribution in [0.1, 0.15) is 25.3 Å². The zero-order valence-electron chi connectivity index (χ0n) is 12.4. The van der Waals surface area contributed by atoms with Crippen LogP contribution in [0.2, 0.25) is 0 Å². The number of thioether (sulfide) groups is 1. The molecule has 22 heavy (non-hydrogen) atoms. The fourth-order valence-corrected chi connectivity index (χ4v) is 3.87. The van der Waals surface area contributed by atoms with Crippen LogP contribution in [0.4, 0.5) is 4.39 Å². The number of hydrogen-bond donors (Lipinski definition) is 0. The molecule has 0 amide bonds. The van der Waals surface area contributed by atoms with Crippen molar-refractivity contribution in [1.82, 2.24) is 0 Å². The number of halogens is 1. The van der Waals surface area contributed by atoms with E-state index < -0.39 is 15.7 Å². The van der Waals surface area contributed by atoms with Gasteiger partial charge in [-0.05, 0) is 41.2 Å². The Morgan fingerprint density at radius 2 is 1.68 bits per heavy atom. The maximum atomic E-state index is 13.5. The van der Waals surface area contributed by atoms with Gasteiger partial charge in [0.1, 0.15) is 10.7 Å². The average molecular weight is 336 g/mol. The summed E-state index contributed by atoms with van der Waals surface area (Å²) in [6, 6.07) is 13.3. The fraction of sp³-hybridized carbons (Fsp3) is 0.176. The first kappa shape index (κ1) is 16.8. The Hall–Kier alpha value is -1.59. The molecular formula is C17H17FO2S2. The highest BCUT2D eigenvalue weighted by Gasteiger charge is 2.14. The minimum absolute atomic E-state index is 0.304. The highest BCUT2D eigenvalue weighted by molar-refractivity contribution is 8.03. The highest BCUT2D eigenvalue weighted by Crippen LogP contribution is 2.24. The van der Waals surface area contributed by atoms with Crippen molar-refractivity contribution in [1.29, 1.82) is 0 Å². The number of benzene rings is 2. The Labute approximate surface area is 135 Å². The summed E-state index contributed by atoms with van der Waals surface area (Å²) in [5.74, 6) is -0.283. The van der Waals surface area contributed by atoms with E-state index in [2.05, 4.69) is 13.8 Å². The van der Waals surface area contributed by atoms with Gasteiger partial charge < -0.3 is 0 Å². The lowest BCUT2D eigenvalue weighted by Gasteiger charge is -2.05. The van der Waals surface area contributed by atoms with Gasteiger partial charge in [0.15, 0.2) is 0 Å². The zero-order valence-corrected chi connectivity index (χ0v) is 14.0. The van der Waals surface area contributed by atoms with Crippen LogP contribution in [0.5, 0.6) is 0 Å². The van der Waals surface area contributed by atoms with Gasteiger partial charge >= 0.3 is 0 Å². The Morgan fingerprint density at radius 1 is 1.05 bits per heavy atom. The van der Waals surface area contributed by atoms with Gasteiger partial charge in [-0.2, -0.15) is 0 Å². The minimum atomic E-state index is -3.76. The van der Waals surface area contributed by atoms with Crippen LogP contribution in [0.25, 0.3) is 0 Å². The zero-order chi connectivity index (χ0) is 16.2. The lowest BCUT2D eigenvalue weighted by atomic mass is 10.0. The molecule has 2 nitrogen and oxygen atoms in total. The summed E-state index contributed by atoms with van der Waals surface area (Å²) in [7, 11) is -3.76. The van der Waals surface area contributed by atoms with Crippen molar-refractivity contribution < 1.29 is 12.8 Å². The quantitative estimate of drug-likeness (QED) is 0.722. The van der Waals surface area contributed by atoms with E-state index in [-0.39, 0.29) is 4.90 Å². The van der Waals surface area contributed by atoms with Crippen LogP contribution >= 0.6 is 11.8 Å². The van der Waals surface area contributed by atoms with Crippen molar-refractivity contribution in [3.63, 3.8) is 0 Å². The normalized spacial score (nSPS) is 12.2. The van der Waals surface area contributed by atoms with E-state index in [1.54, 1.807) is 0 Å². The second-order valence-corrected chi connectivity index (χ2v) is 7.87. The molecule has 0 unspecified atom stereocenters. The molecule has 0 saturated carbocycles. The molecule has 0 heterocycles. The molecule has 0 fully saturated rings. The molecule has 0 atom stereocenters. The monoisotopic (exact) mass is 336 g/mol. The van der Waals surface area contributed by atoms with Crippen LogP contribution in [-0.2, 0) is 9.84 Å². The molecule has 2 rings (SSSR count). The average Bonchev–Trinajstić information content (AvgIpc) is 2.48. The summed E-state index contributed by atoms with van der Waals surface area (Å²) < 4.78 is 37.6. The van der Waals surface area contributed by atoms with Crippen molar-refractivity contribution in [2.24, 2.45) is 0 Å². The Morgan fingerprint density at radius 3 is 2.27 bits per heavy atom. The van der Waals surface area contributed by atoms with Gasteiger partial charge in [-0.15, -0.1) is 0 Å². The third kappa shape index (κ3) is 4.21. The summed E-state index contributed by atoms with van der Waals surface area (Å²) >= 11 is 1.29. The van der Waals surface area contributed by atoms with Crippen molar-refractivity contribution in [2.75, 3.05) is 0 Å². The van der Waals surface area contributed by atoms with Crippen LogP contribution in [-0.4, -0.2) is 8.42 Å². The van der Waals surface area contributed by atoms with Gasteiger partial charge in [0.25, 0.3) is 0 Å². The molecule has 0 aliphatic rings. The van der Waals surface area contributed by atoms with Crippen LogP contribution in [0.3, 0.4) is 0 Å². The fourth-order valence-electron chi connectivity index (χ4n) is 1.86. The van der Waals surface area contributed by atoms with Gasteiger partial charge in [0.05, 0.1) is 0 Å². The molecule has 5 heteroatoms. The van der Waals surface area contributed by atoms with E-state index in [0.717, 1.165) is 16.4 Å². The van der Waals surface area contributed by atoms with Crippen molar-refractivity contribution >= 4 is 21.6 Å². The first-order chi connectivity index (χ1) is 10.4. The van der Waals surface area contributed by atoms with Crippen molar-refractivity contribution in [3.8, 4) is 0 Å². The SMILES string of the molecule is CC(C)c1ccc(S/C=C/S(=O)(=O)c2ccccc2F)cc1. The molecule has 2 aromatic carbocycles. The second kappa shape index (κ2) is 7.11. The smallest absolute Gasteiger partial charge is 0.203 e. The summed E-state index contributed by atoms with van der Waals surface area (Å²) in [6.45, 7) is 4.23. The molecule has 0 aliphatic heterocycles. The number of hydrogen-bond acceptors (Lipinski definition) is 3. The van der Waals surface area contributed by atoms with Gasteiger partial charge in [0, 0.05) is 10.3 Å². The van der Waals surface area contributed by atoms with Gasteiger partial charge in [0.2, 0.25) is 9.84 Å². The summed E-state index contributed by atoms with van der Waals surface area (Å²) in [5.41, 5.74) is 1.23. The van der Waals surface area contributed by atoms with Gasteiger partial charge in [-0.25, -0.2) is 12.8 Å². The van der Waals surface area contributed by atoms with Crippen molar-refractivity contribution in [2.45, 2.75) is 29.6 Å². The van der Waals surface area contributed by atoms with Crippen LogP contribution < -0.4 is 0 Å². The highest BCUT2D eigenvalue weighted by atomic mass is 32.2. The Bertz CT molecular complexity index is 764. The van der Waals surface area contributed by atoms with Gasteiger partial charge in [-0.3, -0.25) is 0 Å². The van der Waals surface area contributed by atoms with E-state index >= 15 is 0 Å². The maximum Gasteiger partial charge on any atom is 0.203 e. The summed E-state index contributed by atoms with van der Waals surface area (Å²) in [6.07, 6.45) is 0. The maximum absolute atomic E-state index is 13.5. The minimum Gasteiger partial charge on any atom is -0.219 e. The molecular weight excluding hydrogens is 319 g/mol. The molecule has 2 aromatic rings. The lowest BCUT2D eigenvalue weighted by Crippen LogP contribution is -1.99. The van der Waals surface area contributed by atoms with E-state index in [1.807, 2.05) is 24.3 Å². The molecule has 0 N–H and O–H groups in total. The van der Waals surface area contributed by atoms with E-state index in [9.17, 15) is 12.8 Å². The predicted octanol–water partition coefficient (Wildman–Crippen LogP) is 4.99. The number of sulfone groups is 1. The summed E-state index contributed by atoms with van der Waals surface area (Å²) in [4.78, 5) is 0.631. The predicted molar refractivity (Wildman–Crippen MR) is 89.1 cm³/mol.